The highest BCUT2D eigenvalue weighted by atomic mass is 35.5. The first kappa shape index (κ1) is 24.5. The standard InChI is InChI=1S/C26H25ClN4O3S/c1-34-21-12-8-18(9-13-21)24(32)29-26(35)28-22-4-2-3-5-23(22)30-14-16-31(17-15-30)25(33)19-6-10-20(27)11-7-19/h2-13H,14-17H2,1H3,(H2,28,29,32,35). The number of halogens is 1. The number of ether oxygens (including phenoxy) is 1. The third-order valence-corrected chi connectivity index (χ3v) is 6.19. The first-order valence-corrected chi connectivity index (χ1v) is 11.9. The highest BCUT2D eigenvalue weighted by Gasteiger charge is 2.23. The fourth-order valence-electron chi connectivity index (χ4n) is 3.85. The van der Waals surface area contributed by atoms with Crippen LogP contribution in [0.3, 0.4) is 0 Å². The smallest absolute Gasteiger partial charge is 0.257 e. The summed E-state index contributed by atoms with van der Waals surface area (Å²) in [6.07, 6.45) is 0. The molecule has 2 amide bonds. The molecule has 9 heteroatoms. The minimum Gasteiger partial charge on any atom is -0.497 e. The van der Waals surface area contributed by atoms with Crippen LogP contribution in [0.15, 0.2) is 72.8 Å². The van der Waals surface area contributed by atoms with Gasteiger partial charge in [0.2, 0.25) is 0 Å². The van der Waals surface area contributed by atoms with E-state index >= 15 is 0 Å². The molecule has 35 heavy (non-hydrogen) atoms. The number of thiocarbonyl (C=S) groups is 1. The van der Waals surface area contributed by atoms with Crippen molar-refractivity contribution in [3.63, 3.8) is 0 Å². The van der Waals surface area contributed by atoms with Crippen molar-refractivity contribution < 1.29 is 14.3 Å². The molecule has 1 fully saturated rings. The van der Waals surface area contributed by atoms with Crippen LogP contribution in [-0.4, -0.2) is 55.1 Å². The number of amides is 2. The average Bonchev–Trinajstić information content (AvgIpc) is 2.89. The zero-order valence-corrected chi connectivity index (χ0v) is 20.7. The average molecular weight is 509 g/mol. The van der Waals surface area contributed by atoms with Gasteiger partial charge in [-0.05, 0) is 72.9 Å². The van der Waals surface area contributed by atoms with Crippen molar-refractivity contribution in [3.05, 3.63) is 88.9 Å². The summed E-state index contributed by atoms with van der Waals surface area (Å²) in [4.78, 5) is 29.4. The lowest BCUT2D eigenvalue weighted by atomic mass is 10.1. The molecule has 0 radical (unpaired) electrons. The number of para-hydroxylation sites is 2. The van der Waals surface area contributed by atoms with Gasteiger partial charge in [0, 0.05) is 42.3 Å². The van der Waals surface area contributed by atoms with Crippen molar-refractivity contribution in [2.24, 2.45) is 0 Å². The molecule has 0 aliphatic carbocycles. The van der Waals surface area contributed by atoms with Gasteiger partial charge in [-0.1, -0.05) is 23.7 Å². The van der Waals surface area contributed by atoms with Gasteiger partial charge in [0.1, 0.15) is 5.75 Å². The molecule has 2 N–H and O–H groups in total. The summed E-state index contributed by atoms with van der Waals surface area (Å²) < 4.78 is 5.13. The fraction of sp³-hybridized carbons (Fsp3) is 0.192. The third-order valence-electron chi connectivity index (χ3n) is 5.73. The molecule has 0 atom stereocenters. The zero-order chi connectivity index (χ0) is 24.8. The summed E-state index contributed by atoms with van der Waals surface area (Å²) in [6.45, 7) is 2.52. The summed E-state index contributed by atoms with van der Waals surface area (Å²) in [5, 5.41) is 6.66. The van der Waals surface area contributed by atoms with Crippen LogP contribution in [-0.2, 0) is 0 Å². The number of carbonyl (C=O) groups is 2. The van der Waals surface area contributed by atoms with Crippen LogP contribution < -0.4 is 20.3 Å². The molecule has 180 valence electrons. The summed E-state index contributed by atoms with van der Waals surface area (Å²) >= 11 is 11.3. The van der Waals surface area contributed by atoms with Gasteiger partial charge in [-0.15, -0.1) is 0 Å². The largest absolute Gasteiger partial charge is 0.497 e. The molecule has 0 saturated carbocycles. The second-order valence-electron chi connectivity index (χ2n) is 7.94. The quantitative estimate of drug-likeness (QED) is 0.496. The van der Waals surface area contributed by atoms with Crippen molar-refractivity contribution in [3.8, 4) is 5.75 Å². The fourth-order valence-corrected chi connectivity index (χ4v) is 4.18. The topological polar surface area (TPSA) is 73.9 Å². The SMILES string of the molecule is COc1ccc(C(=O)NC(=S)Nc2ccccc2N2CCN(C(=O)c3ccc(Cl)cc3)CC2)cc1. The lowest BCUT2D eigenvalue weighted by Crippen LogP contribution is -2.49. The van der Waals surface area contributed by atoms with E-state index in [1.54, 1.807) is 55.6 Å². The van der Waals surface area contributed by atoms with Crippen LogP contribution in [0.25, 0.3) is 0 Å². The predicted molar refractivity (Wildman–Crippen MR) is 143 cm³/mol. The molecule has 3 aromatic rings. The molecule has 1 aliphatic heterocycles. The Kier molecular flexibility index (Phi) is 7.84. The van der Waals surface area contributed by atoms with Crippen molar-refractivity contribution in [2.75, 3.05) is 43.5 Å². The summed E-state index contributed by atoms with van der Waals surface area (Å²) in [5.74, 6) is 0.359. The van der Waals surface area contributed by atoms with Gasteiger partial charge >= 0.3 is 0 Å². The van der Waals surface area contributed by atoms with Crippen molar-refractivity contribution >= 4 is 52.1 Å². The number of hydrogen-bond donors (Lipinski definition) is 2. The zero-order valence-electron chi connectivity index (χ0n) is 19.2. The van der Waals surface area contributed by atoms with Crippen LogP contribution in [0, 0.1) is 0 Å². The Labute approximate surface area is 214 Å². The van der Waals surface area contributed by atoms with Crippen molar-refractivity contribution in [2.45, 2.75) is 0 Å². The highest BCUT2D eigenvalue weighted by molar-refractivity contribution is 7.80. The molecule has 1 saturated heterocycles. The van der Waals surface area contributed by atoms with E-state index in [1.807, 2.05) is 29.2 Å². The number of nitrogens with one attached hydrogen (secondary N) is 2. The van der Waals surface area contributed by atoms with E-state index < -0.39 is 0 Å². The Bertz CT molecular complexity index is 1210. The van der Waals surface area contributed by atoms with E-state index in [1.165, 1.54) is 0 Å². The highest BCUT2D eigenvalue weighted by Crippen LogP contribution is 2.27. The number of methoxy groups -OCH3 is 1. The Morgan fingerprint density at radius 3 is 2.17 bits per heavy atom. The molecule has 7 nitrogen and oxygen atoms in total. The predicted octanol–water partition coefficient (Wildman–Crippen LogP) is 4.44. The molecule has 1 aliphatic rings. The molecule has 3 aromatic carbocycles. The number of carbonyl (C=O) groups excluding carboxylic acids is 2. The van der Waals surface area contributed by atoms with Gasteiger partial charge < -0.3 is 19.9 Å². The van der Waals surface area contributed by atoms with Crippen LogP contribution in [0.4, 0.5) is 11.4 Å². The van der Waals surface area contributed by atoms with Crippen LogP contribution in [0.1, 0.15) is 20.7 Å². The first-order valence-electron chi connectivity index (χ1n) is 11.1. The van der Waals surface area contributed by atoms with Gasteiger partial charge in [0.05, 0.1) is 18.5 Å². The van der Waals surface area contributed by atoms with Gasteiger partial charge in [-0.25, -0.2) is 0 Å². The van der Waals surface area contributed by atoms with E-state index in [-0.39, 0.29) is 16.9 Å². The Balaban J connectivity index is 1.36. The Hall–Kier alpha value is -3.62. The molecule has 1 heterocycles. The summed E-state index contributed by atoms with van der Waals surface area (Å²) in [6, 6.07) is 21.5. The number of rotatable bonds is 5. The van der Waals surface area contributed by atoms with Crippen LogP contribution in [0.2, 0.25) is 5.02 Å². The van der Waals surface area contributed by atoms with E-state index in [9.17, 15) is 9.59 Å². The number of benzene rings is 3. The van der Waals surface area contributed by atoms with E-state index in [4.69, 9.17) is 28.6 Å². The number of nitrogens with zero attached hydrogens (tertiary/aromatic N) is 2. The molecule has 0 spiro atoms. The van der Waals surface area contributed by atoms with Gasteiger partial charge in [-0.3, -0.25) is 14.9 Å². The molecular weight excluding hydrogens is 484 g/mol. The molecular formula is C26H25ClN4O3S. The van der Waals surface area contributed by atoms with Crippen molar-refractivity contribution in [1.82, 2.24) is 10.2 Å². The first-order chi connectivity index (χ1) is 16.9. The Morgan fingerprint density at radius 1 is 0.886 bits per heavy atom. The lowest BCUT2D eigenvalue weighted by molar-refractivity contribution is 0.0746. The second-order valence-corrected chi connectivity index (χ2v) is 8.78. The minimum atomic E-state index is -0.308. The summed E-state index contributed by atoms with van der Waals surface area (Å²) in [5.41, 5.74) is 2.84. The van der Waals surface area contributed by atoms with Gasteiger partial charge in [0.25, 0.3) is 11.8 Å². The maximum absolute atomic E-state index is 12.8. The van der Waals surface area contributed by atoms with Gasteiger partial charge in [0.15, 0.2) is 5.11 Å². The van der Waals surface area contributed by atoms with Crippen LogP contribution >= 0.6 is 23.8 Å². The van der Waals surface area contributed by atoms with Crippen molar-refractivity contribution in [1.29, 1.82) is 0 Å². The molecule has 0 unspecified atom stereocenters. The third kappa shape index (κ3) is 6.09. The maximum atomic E-state index is 12.8. The second kappa shape index (κ2) is 11.2. The minimum absolute atomic E-state index is 0.00449. The van der Waals surface area contributed by atoms with E-state index in [0.29, 0.717) is 48.1 Å². The number of hydrogen-bond acceptors (Lipinski definition) is 5. The number of piperazine rings is 1. The van der Waals surface area contributed by atoms with E-state index in [0.717, 1.165) is 11.4 Å². The Morgan fingerprint density at radius 2 is 1.51 bits per heavy atom. The molecule has 4 rings (SSSR count). The summed E-state index contributed by atoms with van der Waals surface area (Å²) in [7, 11) is 1.57. The van der Waals surface area contributed by atoms with E-state index in [2.05, 4.69) is 15.5 Å². The van der Waals surface area contributed by atoms with Gasteiger partial charge in [-0.2, -0.15) is 0 Å². The van der Waals surface area contributed by atoms with Crippen LogP contribution in [0.5, 0.6) is 5.75 Å². The normalized spacial score (nSPS) is 13.2. The lowest BCUT2D eigenvalue weighted by Gasteiger charge is -2.37. The molecule has 0 aromatic heterocycles. The maximum Gasteiger partial charge on any atom is 0.257 e. The monoisotopic (exact) mass is 508 g/mol. The molecule has 0 bridgehead atoms. The number of anilines is 2.